The second-order valence-corrected chi connectivity index (χ2v) is 5.85. The molecule has 104 valence electrons. The SMILES string of the molecule is CCC1(NCc2cc(Cl)c3c(c2)OCCO3)CCC1. The van der Waals surface area contributed by atoms with Gasteiger partial charge in [0.05, 0.1) is 5.02 Å². The van der Waals surface area contributed by atoms with Crippen molar-refractivity contribution in [3.63, 3.8) is 0 Å². The monoisotopic (exact) mass is 281 g/mol. The lowest BCUT2D eigenvalue weighted by Gasteiger charge is -2.42. The van der Waals surface area contributed by atoms with Gasteiger partial charge in [0.25, 0.3) is 0 Å². The first-order valence-electron chi connectivity index (χ1n) is 7.05. The van der Waals surface area contributed by atoms with Gasteiger partial charge in [0.1, 0.15) is 13.2 Å². The van der Waals surface area contributed by atoms with Gasteiger partial charge in [-0.2, -0.15) is 0 Å². The highest BCUT2D eigenvalue weighted by Gasteiger charge is 2.34. The molecule has 1 fully saturated rings. The first kappa shape index (κ1) is 13.1. The molecule has 0 saturated heterocycles. The number of hydrogen-bond acceptors (Lipinski definition) is 3. The molecule has 0 unspecified atom stereocenters. The Bertz CT molecular complexity index is 466. The van der Waals surface area contributed by atoms with Crippen LogP contribution in [0.5, 0.6) is 11.5 Å². The average molecular weight is 282 g/mol. The third-order valence-corrected chi connectivity index (χ3v) is 4.59. The lowest BCUT2D eigenvalue weighted by molar-refractivity contribution is 0.169. The van der Waals surface area contributed by atoms with Crippen molar-refractivity contribution in [1.82, 2.24) is 5.32 Å². The predicted octanol–water partition coefficient (Wildman–Crippen LogP) is 3.53. The van der Waals surface area contributed by atoms with Crippen molar-refractivity contribution in [3.05, 3.63) is 22.7 Å². The largest absolute Gasteiger partial charge is 0.486 e. The summed E-state index contributed by atoms with van der Waals surface area (Å²) in [6.07, 6.45) is 5.08. The molecular formula is C15H20ClNO2. The third kappa shape index (κ3) is 2.54. The van der Waals surface area contributed by atoms with Crippen LogP contribution in [-0.4, -0.2) is 18.8 Å². The number of rotatable bonds is 4. The summed E-state index contributed by atoms with van der Waals surface area (Å²) < 4.78 is 11.1. The molecular weight excluding hydrogens is 262 g/mol. The molecule has 0 aromatic heterocycles. The predicted molar refractivity (Wildman–Crippen MR) is 76.2 cm³/mol. The Balaban J connectivity index is 1.73. The maximum absolute atomic E-state index is 6.25. The van der Waals surface area contributed by atoms with Gasteiger partial charge in [-0.1, -0.05) is 18.5 Å². The van der Waals surface area contributed by atoms with Crippen LogP contribution < -0.4 is 14.8 Å². The minimum absolute atomic E-state index is 0.347. The van der Waals surface area contributed by atoms with Gasteiger partial charge < -0.3 is 14.8 Å². The summed E-state index contributed by atoms with van der Waals surface area (Å²) in [6.45, 7) is 4.26. The molecule has 1 aromatic carbocycles. The van der Waals surface area contributed by atoms with Crippen LogP contribution in [0.2, 0.25) is 5.02 Å². The van der Waals surface area contributed by atoms with E-state index in [9.17, 15) is 0 Å². The van der Waals surface area contributed by atoms with Gasteiger partial charge in [0.2, 0.25) is 0 Å². The topological polar surface area (TPSA) is 30.5 Å². The van der Waals surface area contributed by atoms with E-state index in [1.54, 1.807) is 0 Å². The third-order valence-electron chi connectivity index (χ3n) is 4.31. The molecule has 19 heavy (non-hydrogen) atoms. The lowest BCUT2D eigenvalue weighted by atomic mass is 9.75. The highest BCUT2D eigenvalue weighted by Crippen LogP contribution is 2.39. The van der Waals surface area contributed by atoms with Crippen molar-refractivity contribution in [3.8, 4) is 11.5 Å². The molecule has 1 heterocycles. The van der Waals surface area contributed by atoms with Gasteiger partial charge >= 0.3 is 0 Å². The average Bonchev–Trinajstić information content (AvgIpc) is 2.38. The zero-order valence-corrected chi connectivity index (χ0v) is 12.1. The summed E-state index contributed by atoms with van der Waals surface area (Å²) in [6, 6.07) is 4.01. The molecule has 0 amide bonds. The highest BCUT2D eigenvalue weighted by atomic mass is 35.5. The molecule has 1 aliphatic carbocycles. The van der Waals surface area contributed by atoms with Crippen molar-refractivity contribution in [1.29, 1.82) is 0 Å². The summed E-state index contributed by atoms with van der Waals surface area (Å²) in [5, 5.41) is 4.32. The second-order valence-electron chi connectivity index (χ2n) is 5.44. The van der Waals surface area contributed by atoms with E-state index in [2.05, 4.69) is 12.2 Å². The Labute approximate surface area is 119 Å². The molecule has 2 aliphatic rings. The van der Waals surface area contributed by atoms with Crippen LogP contribution in [0.1, 0.15) is 38.2 Å². The smallest absolute Gasteiger partial charge is 0.179 e. The summed E-state index contributed by atoms with van der Waals surface area (Å²) in [7, 11) is 0. The summed E-state index contributed by atoms with van der Waals surface area (Å²) in [4.78, 5) is 0. The molecule has 1 aromatic rings. The number of fused-ring (bicyclic) bond motifs is 1. The Hall–Kier alpha value is -0.930. The highest BCUT2D eigenvalue weighted by molar-refractivity contribution is 6.32. The van der Waals surface area contributed by atoms with E-state index in [0.29, 0.717) is 29.5 Å². The Morgan fingerprint density at radius 3 is 2.74 bits per heavy atom. The van der Waals surface area contributed by atoms with Crippen molar-refractivity contribution >= 4 is 11.6 Å². The zero-order valence-electron chi connectivity index (χ0n) is 11.3. The molecule has 1 saturated carbocycles. The lowest BCUT2D eigenvalue weighted by Crippen LogP contribution is -2.49. The molecule has 0 spiro atoms. The Morgan fingerprint density at radius 1 is 1.26 bits per heavy atom. The summed E-state index contributed by atoms with van der Waals surface area (Å²) in [5.74, 6) is 1.46. The molecule has 1 N–H and O–H groups in total. The van der Waals surface area contributed by atoms with Crippen LogP contribution in [-0.2, 0) is 6.54 Å². The fourth-order valence-electron chi connectivity index (χ4n) is 2.81. The van der Waals surface area contributed by atoms with Crippen molar-refractivity contribution in [2.24, 2.45) is 0 Å². The quantitative estimate of drug-likeness (QED) is 0.916. The van der Waals surface area contributed by atoms with Crippen LogP contribution in [0.25, 0.3) is 0 Å². The molecule has 3 nitrogen and oxygen atoms in total. The number of halogens is 1. The van der Waals surface area contributed by atoms with Crippen molar-refractivity contribution < 1.29 is 9.47 Å². The van der Waals surface area contributed by atoms with Crippen molar-refractivity contribution in [2.75, 3.05) is 13.2 Å². The molecule has 0 radical (unpaired) electrons. The van der Waals surface area contributed by atoms with E-state index in [0.717, 1.165) is 17.9 Å². The Morgan fingerprint density at radius 2 is 2.05 bits per heavy atom. The zero-order chi connectivity index (χ0) is 13.3. The van der Waals surface area contributed by atoms with Crippen LogP contribution in [0.4, 0.5) is 0 Å². The molecule has 3 rings (SSSR count). The molecule has 0 bridgehead atoms. The van der Waals surface area contributed by atoms with Gasteiger partial charge in [0, 0.05) is 12.1 Å². The van der Waals surface area contributed by atoms with E-state index in [1.807, 2.05) is 12.1 Å². The van der Waals surface area contributed by atoms with E-state index >= 15 is 0 Å². The van der Waals surface area contributed by atoms with Gasteiger partial charge in [-0.15, -0.1) is 0 Å². The van der Waals surface area contributed by atoms with Crippen molar-refractivity contribution in [2.45, 2.75) is 44.7 Å². The first-order chi connectivity index (χ1) is 9.22. The maximum atomic E-state index is 6.25. The number of nitrogens with one attached hydrogen (secondary N) is 1. The van der Waals surface area contributed by atoms with Gasteiger partial charge in [-0.25, -0.2) is 0 Å². The second kappa shape index (κ2) is 5.22. The van der Waals surface area contributed by atoms with Crippen LogP contribution in [0.15, 0.2) is 12.1 Å². The van der Waals surface area contributed by atoms with E-state index in [4.69, 9.17) is 21.1 Å². The Kier molecular flexibility index (Phi) is 3.59. The van der Waals surface area contributed by atoms with Gasteiger partial charge in [0.15, 0.2) is 11.5 Å². The van der Waals surface area contributed by atoms with Crippen LogP contribution in [0.3, 0.4) is 0 Å². The van der Waals surface area contributed by atoms with E-state index in [-0.39, 0.29) is 0 Å². The number of hydrogen-bond donors (Lipinski definition) is 1. The fourth-order valence-corrected chi connectivity index (χ4v) is 3.10. The molecule has 1 aliphatic heterocycles. The normalized spacial score (nSPS) is 19.9. The summed E-state index contributed by atoms with van der Waals surface area (Å²) >= 11 is 6.25. The molecule has 0 atom stereocenters. The first-order valence-corrected chi connectivity index (χ1v) is 7.43. The van der Waals surface area contributed by atoms with Gasteiger partial charge in [-0.05, 0) is 43.4 Å². The standard InChI is InChI=1S/C15H20ClNO2/c1-2-15(4-3-5-15)17-10-11-8-12(16)14-13(9-11)18-6-7-19-14/h8-9,17H,2-7,10H2,1H3. The van der Waals surface area contributed by atoms with Crippen LogP contribution in [0, 0.1) is 0 Å². The van der Waals surface area contributed by atoms with E-state index < -0.39 is 0 Å². The summed E-state index contributed by atoms with van der Waals surface area (Å²) in [5.41, 5.74) is 1.51. The molecule has 4 heteroatoms. The minimum atomic E-state index is 0.347. The van der Waals surface area contributed by atoms with Gasteiger partial charge in [-0.3, -0.25) is 0 Å². The maximum Gasteiger partial charge on any atom is 0.179 e. The minimum Gasteiger partial charge on any atom is -0.486 e. The van der Waals surface area contributed by atoms with E-state index in [1.165, 1.54) is 25.7 Å². The number of ether oxygens (including phenoxy) is 2. The number of benzene rings is 1. The fraction of sp³-hybridized carbons (Fsp3) is 0.600. The van der Waals surface area contributed by atoms with Crippen LogP contribution >= 0.6 is 11.6 Å².